The van der Waals surface area contributed by atoms with E-state index in [1.54, 1.807) is 42.5 Å². The molecule has 0 bridgehead atoms. The van der Waals surface area contributed by atoms with E-state index in [1.807, 2.05) is 6.07 Å². The van der Waals surface area contributed by atoms with Crippen molar-refractivity contribution in [3.63, 3.8) is 0 Å². The third-order valence-corrected chi connectivity index (χ3v) is 3.52. The first-order valence-electron chi connectivity index (χ1n) is 7.38. The molecule has 4 N–H and O–H groups in total. The second-order valence-electron chi connectivity index (χ2n) is 5.22. The summed E-state index contributed by atoms with van der Waals surface area (Å²) in [5.74, 6) is -0.185. The molecule has 0 aliphatic carbocycles. The zero-order valence-corrected chi connectivity index (χ0v) is 13.1. The van der Waals surface area contributed by atoms with E-state index in [1.165, 1.54) is 6.07 Å². The number of halogens is 1. The summed E-state index contributed by atoms with van der Waals surface area (Å²) in [6.45, 7) is 0.209. The summed E-state index contributed by atoms with van der Waals surface area (Å²) < 4.78 is 19.0. The van der Waals surface area contributed by atoms with Crippen LogP contribution in [-0.2, 0) is 6.61 Å². The standard InChI is InChI=1S/C18H14FN5O/c19-14-3-1-2-4-15(14)25-10-11-5-7-12(8-6-11)16-13(9-20)17(21)24-18(22)23-16/h1-8H,10H2,(H4,21,22,23,24). The van der Waals surface area contributed by atoms with E-state index < -0.39 is 5.82 Å². The number of hydrogen-bond donors (Lipinski definition) is 2. The van der Waals surface area contributed by atoms with Gasteiger partial charge in [0, 0.05) is 5.56 Å². The second-order valence-corrected chi connectivity index (χ2v) is 5.22. The number of hydrogen-bond acceptors (Lipinski definition) is 6. The summed E-state index contributed by atoms with van der Waals surface area (Å²) in [7, 11) is 0. The minimum atomic E-state index is -0.412. The monoisotopic (exact) mass is 335 g/mol. The number of ether oxygens (including phenoxy) is 1. The van der Waals surface area contributed by atoms with Crippen LogP contribution in [0.1, 0.15) is 11.1 Å². The number of nitrogens with two attached hydrogens (primary N) is 2. The SMILES string of the molecule is N#Cc1c(N)nc(N)nc1-c1ccc(COc2ccccc2F)cc1. The van der Waals surface area contributed by atoms with E-state index >= 15 is 0 Å². The van der Waals surface area contributed by atoms with E-state index in [-0.39, 0.29) is 29.7 Å². The summed E-state index contributed by atoms with van der Waals surface area (Å²) in [5.41, 5.74) is 13.4. The highest BCUT2D eigenvalue weighted by Gasteiger charge is 2.13. The Balaban J connectivity index is 1.82. The molecule has 2 aromatic carbocycles. The summed E-state index contributed by atoms with van der Waals surface area (Å²) in [5, 5.41) is 9.24. The minimum absolute atomic E-state index is 0.00142. The van der Waals surface area contributed by atoms with Crippen molar-refractivity contribution >= 4 is 11.8 Å². The molecular formula is C18H14FN5O. The molecule has 25 heavy (non-hydrogen) atoms. The predicted octanol–water partition coefficient (Wildman–Crippen LogP) is 2.90. The van der Waals surface area contributed by atoms with E-state index in [0.29, 0.717) is 11.3 Å². The average molecular weight is 335 g/mol. The van der Waals surface area contributed by atoms with Gasteiger partial charge >= 0.3 is 0 Å². The van der Waals surface area contributed by atoms with Gasteiger partial charge in [0.15, 0.2) is 11.6 Å². The molecule has 0 atom stereocenters. The van der Waals surface area contributed by atoms with Crippen LogP contribution in [0.4, 0.5) is 16.2 Å². The normalized spacial score (nSPS) is 10.2. The molecule has 0 saturated heterocycles. The van der Waals surface area contributed by atoms with Crippen LogP contribution in [0.3, 0.4) is 0 Å². The Morgan fingerprint density at radius 2 is 1.76 bits per heavy atom. The lowest BCUT2D eigenvalue weighted by Gasteiger charge is -2.09. The van der Waals surface area contributed by atoms with E-state index in [9.17, 15) is 9.65 Å². The van der Waals surface area contributed by atoms with E-state index in [2.05, 4.69) is 9.97 Å². The zero-order valence-electron chi connectivity index (χ0n) is 13.1. The van der Waals surface area contributed by atoms with Gasteiger partial charge in [-0.1, -0.05) is 36.4 Å². The fraction of sp³-hybridized carbons (Fsp3) is 0.0556. The third-order valence-electron chi connectivity index (χ3n) is 3.52. The molecule has 0 saturated carbocycles. The summed E-state index contributed by atoms with van der Waals surface area (Å²) in [6, 6.07) is 15.3. The van der Waals surface area contributed by atoms with Crippen LogP contribution < -0.4 is 16.2 Å². The van der Waals surface area contributed by atoms with Crippen LogP contribution in [0.15, 0.2) is 48.5 Å². The van der Waals surface area contributed by atoms with Crippen molar-refractivity contribution in [2.75, 3.05) is 11.5 Å². The maximum absolute atomic E-state index is 13.5. The highest BCUT2D eigenvalue weighted by molar-refractivity contribution is 5.73. The van der Waals surface area contributed by atoms with Gasteiger partial charge in [0.25, 0.3) is 0 Å². The summed E-state index contributed by atoms with van der Waals surface area (Å²) in [4.78, 5) is 7.88. The largest absolute Gasteiger partial charge is 0.486 e. The maximum atomic E-state index is 13.5. The molecule has 0 fully saturated rings. The van der Waals surface area contributed by atoms with Crippen molar-refractivity contribution in [2.24, 2.45) is 0 Å². The lowest BCUT2D eigenvalue weighted by atomic mass is 10.1. The van der Waals surface area contributed by atoms with Crippen molar-refractivity contribution in [3.8, 4) is 23.1 Å². The fourth-order valence-electron chi connectivity index (χ4n) is 2.30. The highest BCUT2D eigenvalue weighted by atomic mass is 19.1. The third kappa shape index (κ3) is 3.48. The molecule has 1 heterocycles. The van der Waals surface area contributed by atoms with Crippen LogP contribution in [0.5, 0.6) is 5.75 Å². The quantitative estimate of drug-likeness (QED) is 0.758. The summed E-state index contributed by atoms with van der Waals surface area (Å²) >= 11 is 0. The van der Waals surface area contributed by atoms with Gasteiger partial charge in [0.05, 0.1) is 5.69 Å². The number of benzene rings is 2. The van der Waals surface area contributed by atoms with Crippen LogP contribution in [-0.4, -0.2) is 9.97 Å². The Labute approximate surface area is 143 Å². The van der Waals surface area contributed by atoms with Gasteiger partial charge in [-0.05, 0) is 17.7 Å². The first kappa shape index (κ1) is 16.2. The molecule has 124 valence electrons. The van der Waals surface area contributed by atoms with Crippen molar-refractivity contribution in [2.45, 2.75) is 6.61 Å². The van der Waals surface area contributed by atoms with Crippen LogP contribution in [0, 0.1) is 17.1 Å². The molecule has 7 heteroatoms. The van der Waals surface area contributed by atoms with Gasteiger partial charge in [0.1, 0.15) is 24.1 Å². The van der Waals surface area contributed by atoms with Crippen LogP contribution in [0.2, 0.25) is 0 Å². The first-order chi connectivity index (χ1) is 12.1. The molecule has 6 nitrogen and oxygen atoms in total. The highest BCUT2D eigenvalue weighted by Crippen LogP contribution is 2.26. The topological polar surface area (TPSA) is 111 Å². The van der Waals surface area contributed by atoms with Gasteiger partial charge in [-0.3, -0.25) is 0 Å². The number of nitrogens with zero attached hydrogens (tertiary/aromatic N) is 3. The van der Waals surface area contributed by atoms with E-state index in [4.69, 9.17) is 16.2 Å². The van der Waals surface area contributed by atoms with Crippen molar-refractivity contribution in [3.05, 3.63) is 65.5 Å². The Bertz CT molecular complexity index is 951. The Morgan fingerprint density at radius 1 is 1.04 bits per heavy atom. The lowest BCUT2D eigenvalue weighted by molar-refractivity contribution is 0.290. The minimum Gasteiger partial charge on any atom is -0.486 e. The van der Waals surface area contributed by atoms with Crippen molar-refractivity contribution < 1.29 is 9.13 Å². The molecule has 0 spiro atoms. The van der Waals surface area contributed by atoms with Gasteiger partial charge in [0.2, 0.25) is 5.95 Å². The smallest absolute Gasteiger partial charge is 0.222 e. The number of para-hydroxylation sites is 1. The van der Waals surface area contributed by atoms with Gasteiger partial charge < -0.3 is 16.2 Å². The number of aromatic nitrogens is 2. The van der Waals surface area contributed by atoms with Gasteiger partial charge in [-0.15, -0.1) is 0 Å². The number of rotatable bonds is 4. The predicted molar refractivity (Wildman–Crippen MR) is 91.7 cm³/mol. The zero-order chi connectivity index (χ0) is 17.8. The molecule has 0 unspecified atom stereocenters. The molecular weight excluding hydrogens is 321 g/mol. The lowest BCUT2D eigenvalue weighted by Crippen LogP contribution is -2.05. The Kier molecular flexibility index (Phi) is 4.44. The van der Waals surface area contributed by atoms with Gasteiger partial charge in [-0.2, -0.15) is 10.2 Å². The number of nitriles is 1. The van der Waals surface area contributed by atoms with Crippen LogP contribution >= 0.6 is 0 Å². The molecule has 3 aromatic rings. The molecule has 1 aromatic heterocycles. The van der Waals surface area contributed by atoms with E-state index in [0.717, 1.165) is 5.56 Å². The van der Waals surface area contributed by atoms with Crippen molar-refractivity contribution in [1.29, 1.82) is 5.26 Å². The van der Waals surface area contributed by atoms with Crippen LogP contribution in [0.25, 0.3) is 11.3 Å². The van der Waals surface area contributed by atoms with Gasteiger partial charge in [-0.25, -0.2) is 9.37 Å². The molecule has 0 aliphatic heterocycles. The Hall–Kier alpha value is -3.66. The number of anilines is 2. The Morgan fingerprint density at radius 3 is 2.44 bits per heavy atom. The fourth-order valence-corrected chi connectivity index (χ4v) is 2.30. The maximum Gasteiger partial charge on any atom is 0.222 e. The molecule has 3 rings (SSSR count). The second kappa shape index (κ2) is 6.84. The average Bonchev–Trinajstić information content (AvgIpc) is 2.61. The number of nitrogen functional groups attached to an aromatic ring is 2. The van der Waals surface area contributed by atoms with Crippen molar-refractivity contribution in [1.82, 2.24) is 9.97 Å². The molecule has 0 amide bonds. The molecule has 0 radical (unpaired) electrons. The first-order valence-corrected chi connectivity index (χ1v) is 7.38. The molecule has 0 aliphatic rings. The summed E-state index contributed by atoms with van der Waals surface area (Å²) in [6.07, 6.45) is 0.